The number of hydrogen-bond acceptors (Lipinski definition) is 7. The third kappa shape index (κ3) is 4.61. The lowest BCUT2D eigenvalue weighted by Gasteiger charge is -2.30. The van der Waals surface area contributed by atoms with Gasteiger partial charge in [-0.2, -0.15) is 5.26 Å². The summed E-state index contributed by atoms with van der Waals surface area (Å²) in [7, 11) is 0. The molecular formula is C23H23N5O3S. The zero-order chi connectivity index (χ0) is 22.4. The summed E-state index contributed by atoms with van der Waals surface area (Å²) < 4.78 is 7.35. The summed E-state index contributed by atoms with van der Waals surface area (Å²) >= 11 is 1.22. The van der Waals surface area contributed by atoms with E-state index in [1.54, 1.807) is 29.4 Å². The number of benzene rings is 1. The Labute approximate surface area is 190 Å². The first-order valence-electron chi connectivity index (χ1n) is 10.3. The normalized spacial score (nSPS) is 22.4. The zero-order valence-corrected chi connectivity index (χ0v) is 18.2. The molecule has 0 bridgehead atoms. The number of carbonyl (C=O) groups is 2. The van der Waals surface area contributed by atoms with Crippen molar-refractivity contribution in [3.8, 4) is 6.07 Å². The summed E-state index contributed by atoms with van der Waals surface area (Å²) in [6.07, 6.45) is 8.75. The molecule has 3 heterocycles. The van der Waals surface area contributed by atoms with Crippen molar-refractivity contribution < 1.29 is 14.3 Å². The monoisotopic (exact) mass is 449 g/mol. The molecule has 0 aliphatic carbocycles. The quantitative estimate of drug-likeness (QED) is 0.492. The Hall–Kier alpha value is -3.35. The zero-order valence-electron chi connectivity index (χ0n) is 17.4. The van der Waals surface area contributed by atoms with Gasteiger partial charge in [-0.3, -0.25) is 4.79 Å². The summed E-state index contributed by atoms with van der Waals surface area (Å²) in [5.41, 5.74) is 1.76. The SMILES string of the molecule is N#CC1C2=C(CNCC2)SC1(NC(=O)C=Cc1ccccc1)C(=O)OCCn1ccnc1. The number of nitriles is 1. The van der Waals surface area contributed by atoms with Crippen LogP contribution in [-0.2, 0) is 20.9 Å². The Morgan fingerprint density at radius 2 is 2.25 bits per heavy atom. The lowest BCUT2D eigenvalue weighted by molar-refractivity contribution is -0.150. The highest BCUT2D eigenvalue weighted by Gasteiger charge is 2.56. The van der Waals surface area contributed by atoms with Crippen molar-refractivity contribution in [3.05, 3.63) is 71.2 Å². The fourth-order valence-electron chi connectivity index (χ4n) is 3.79. The van der Waals surface area contributed by atoms with Crippen molar-refractivity contribution >= 4 is 29.7 Å². The minimum Gasteiger partial charge on any atom is -0.461 e. The maximum Gasteiger partial charge on any atom is 0.344 e. The van der Waals surface area contributed by atoms with Crippen molar-refractivity contribution in [2.24, 2.45) is 5.92 Å². The van der Waals surface area contributed by atoms with Gasteiger partial charge in [-0.05, 0) is 30.2 Å². The first kappa shape index (κ1) is 21.9. The van der Waals surface area contributed by atoms with Gasteiger partial charge in [0.1, 0.15) is 12.5 Å². The number of carbonyl (C=O) groups excluding carboxylic acids is 2. The van der Waals surface area contributed by atoms with Gasteiger partial charge in [-0.1, -0.05) is 42.1 Å². The van der Waals surface area contributed by atoms with Crippen molar-refractivity contribution in [1.82, 2.24) is 20.2 Å². The third-order valence-electron chi connectivity index (χ3n) is 5.36. The fourth-order valence-corrected chi connectivity index (χ4v) is 5.31. The van der Waals surface area contributed by atoms with Crippen LogP contribution >= 0.6 is 11.8 Å². The van der Waals surface area contributed by atoms with Crippen molar-refractivity contribution in [2.75, 3.05) is 19.7 Å². The number of esters is 1. The largest absolute Gasteiger partial charge is 0.461 e. The predicted octanol–water partition coefficient (Wildman–Crippen LogP) is 2.09. The second-order valence-electron chi connectivity index (χ2n) is 7.44. The number of aromatic nitrogens is 2. The molecule has 164 valence electrons. The van der Waals surface area contributed by atoms with Crippen LogP contribution in [0.25, 0.3) is 6.08 Å². The lowest BCUT2D eigenvalue weighted by atomic mass is 9.88. The number of hydrogen-bond donors (Lipinski definition) is 2. The highest BCUT2D eigenvalue weighted by atomic mass is 32.2. The summed E-state index contributed by atoms with van der Waals surface area (Å²) in [5.74, 6) is -1.87. The van der Waals surface area contributed by atoms with Crippen LogP contribution < -0.4 is 10.6 Å². The van der Waals surface area contributed by atoms with Gasteiger partial charge in [-0.15, -0.1) is 0 Å². The first-order valence-corrected chi connectivity index (χ1v) is 11.1. The molecule has 2 N–H and O–H groups in total. The second kappa shape index (κ2) is 9.85. The average Bonchev–Trinajstić information content (AvgIpc) is 3.44. The maximum atomic E-state index is 13.3. The molecule has 4 rings (SSSR count). The number of thioether (sulfide) groups is 1. The topological polar surface area (TPSA) is 109 Å². The molecular weight excluding hydrogens is 426 g/mol. The van der Waals surface area contributed by atoms with Crippen LogP contribution in [0.15, 0.2) is 65.6 Å². The average molecular weight is 450 g/mol. The molecule has 0 spiro atoms. The minimum atomic E-state index is -1.52. The Balaban J connectivity index is 1.54. The van der Waals surface area contributed by atoms with E-state index in [1.165, 1.54) is 17.8 Å². The standard InChI is InChI=1S/C23H23N5O3S/c24-14-19-18-8-9-25-15-20(18)32-23(19,22(30)31-13-12-28-11-10-26-16-28)27-21(29)7-6-17-4-2-1-3-5-17/h1-7,10-11,16,19,25H,8-9,12-13,15H2,(H,27,29). The molecule has 2 unspecified atom stereocenters. The lowest BCUT2D eigenvalue weighted by Crippen LogP contribution is -2.56. The Morgan fingerprint density at radius 1 is 1.41 bits per heavy atom. The van der Waals surface area contributed by atoms with Crippen molar-refractivity contribution in [2.45, 2.75) is 17.8 Å². The highest BCUT2D eigenvalue weighted by molar-refractivity contribution is 8.05. The molecule has 2 aromatic rings. The van der Waals surface area contributed by atoms with E-state index in [1.807, 2.05) is 30.3 Å². The van der Waals surface area contributed by atoms with Crippen LogP contribution in [0.2, 0.25) is 0 Å². The van der Waals surface area contributed by atoms with Crippen molar-refractivity contribution in [1.29, 1.82) is 5.26 Å². The summed E-state index contributed by atoms with van der Waals surface area (Å²) in [6, 6.07) is 11.6. The van der Waals surface area contributed by atoms with Crippen LogP contribution in [0.1, 0.15) is 12.0 Å². The van der Waals surface area contributed by atoms with Crippen LogP contribution in [0, 0.1) is 17.2 Å². The number of imidazole rings is 1. The molecule has 32 heavy (non-hydrogen) atoms. The molecule has 2 aliphatic heterocycles. The molecule has 9 heteroatoms. The van der Waals surface area contributed by atoms with Crippen LogP contribution in [0.4, 0.5) is 0 Å². The third-order valence-corrected chi connectivity index (χ3v) is 6.84. The molecule has 0 saturated carbocycles. The predicted molar refractivity (Wildman–Crippen MR) is 121 cm³/mol. The molecule has 0 fully saturated rings. The van der Waals surface area contributed by atoms with Gasteiger partial charge in [-0.25, -0.2) is 9.78 Å². The van der Waals surface area contributed by atoms with Gasteiger partial charge in [0.15, 0.2) is 0 Å². The van der Waals surface area contributed by atoms with Crippen molar-refractivity contribution in [3.63, 3.8) is 0 Å². The summed E-state index contributed by atoms with van der Waals surface area (Å²) in [4.78, 5) is 29.5. The number of nitrogens with zero attached hydrogens (tertiary/aromatic N) is 3. The van der Waals surface area contributed by atoms with E-state index in [2.05, 4.69) is 21.7 Å². The second-order valence-corrected chi connectivity index (χ2v) is 8.79. The van der Waals surface area contributed by atoms with Gasteiger partial charge in [0.2, 0.25) is 10.8 Å². The molecule has 0 radical (unpaired) electrons. The summed E-state index contributed by atoms with van der Waals surface area (Å²) in [5, 5.41) is 16.1. The molecule has 0 saturated heterocycles. The number of rotatable bonds is 7. The van der Waals surface area contributed by atoms with Crippen LogP contribution in [-0.4, -0.2) is 46.0 Å². The van der Waals surface area contributed by atoms with Crippen LogP contribution in [0.3, 0.4) is 0 Å². The molecule has 1 aromatic heterocycles. The van der Waals surface area contributed by atoms with E-state index >= 15 is 0 Å². The number of ether oxygens (including phenoxy) is 1. The van der Waals surface area contributed by atoms with E-state index in [9.17, 15) is 14.9 Å². The van der Waals surface area contributed by atoms with Gasteiger partial charge >= 0.3 is 5.97 Å². The van der Waals surface area contributed by atoms with Gasteiger partial charge in [0.25, 0.3) is 0 Å². The Kier molecular flexibility index (Phi) is 6.73. The highest BCUT2D eigenvalue weighted by Crippen LogP contribution is 2.51. The molecule has 1 aromatic carbocycles. The van der Waals surface area contributed by atoms with Crippen LogP contribution in [0.5, 0.6) is 0 Å². The maximum absolute atomic E-state index is 13.3. The molecule has 8 nitrogen and oxygen atoms in total. The summed E-state index contributed by atoms with van der Waals surface area (Å²) in [6.45, 7) is 1.83. The Morgan fingerprint density at radius 3 is 3.00 bits per heavy atom. The van der Waals surface area contributed by atoms with E-state index in [4.69, 9.17) is 4.74 Å². The van der Waals surface area contributed by atoms with E-state index in [-0.39, 0.29) is 6.61 Å². The number of amides is 1. The molecule has 1 amide bonds. The van der Waals surface area contributed by atoms with Gasteiger partial charge in [0.05, 0.1) is 18.9 Å². The molecule has 2 atom stereocenters. The van der Waals surface area contributed by atoms with E-state index in [0.29, 0.717) is 19.5 Å². The van der Waals surface area contributed by atoms with Gasteiger partial charge in [0, 0.05) is 29.9 Å². The van der Waals surface area contributed by atoms with Gasteiger partial charge < -0.3 is 19.9 Å². The van der Waals surface area contributed by atoms with E-state index in [0.717, 1.165) is 22.6 Å². The van der Waals surface area contributed by atoms with E-state index < -0.39 is 22.7 Å². The first-order chi connectivity index (χ1) is 15.6. The molecule has 2 aliphatic rings. The number of nitrogens with one attached hydrogen (secondary N) is 2. The fraction of sp³-hybridized carbons (Fsp3) is 0.304. The Bertz CT molecular complexity index is 1070. The smallest absolute Gasteiger partial charge is 0.344 e. The minimum absolute atomic E-state index is 0.105.